The smallest absolute Gasteiger partial charge is 0.317 e. The van der Waals surface area contributed by atoms with Crippen LogP contribution in [0.1, 0.15) is 37.3 Å². The highest BCUT2D eigenvalue weighted by Crippen LogP contribution is 2.29. The van der Waals surface area contributed by atoms with E-state index in [4.69, 9.17) is 9.47 Å². The zero-order valence-corrected chi connectivity index (χ0v) is 14.4. The molecule has 0 unspecified atom stereocenters. The molecule has 5 heteroatoms. The van der Waals surface area contributed by atoms with Crippen LogP contribution in [0.5, 0.6) is 0 Å². The molecule has 2 heterocycles. The molecule has 2 aliphatic rings. The number of carbonyl (C=O) groups is 1. The topological polar surface area (TPSA) is 50.8 Å². The monoisotopic (exact) mass is 332 g/mol. The van der Waals surface area contributed by atoms with E-state index in [1.807, 2.05) is 35.2 Å². The second-order valence-corrected chi connectivity index (χ2v) is 6.74. The SMILES string of the molecule is COC[C@@H](NC(=O)N1CCC([C@@H]2CCCO2)CC1)c1ccccc1. The van der Waals surface area contributed by atoms with Gasteiger partial charge in [-0.25, -0.2) is 4.79 Å². The van der Waals surface area contributed by atoms with E-state index >= 15 is 0 Å². The summed E-state index contributed by atoms with van der Waals surface area (Å²) < 4.78 is 11.1. The zero-order chi connectivity index (χ0) is 16.8. The van der Waals surface area contributed by atoms with E-state index < -0.39 is 0 Å². The summed E-state index contributed by atoms with van der Waals surface area (Å²) in [6.45, 7) is 3.00. The molecule has 5 nitrogen and oxygen atoms in total. The number of rotatable bonds is 5. The average Bonchev–Trinajstić information content (AvgIpc) is 3.17. The van der Waals surface area contributed by atoms with Crippen molar-refractivity contribution in [2.75, 3.05) is 33.4 Å². The molecule has 1 N–H and O–H groups in total. The van der Waals surface area contributed by atoms with Crippen LogP contribution in [0.3, 0.4) is 0 Å². The van der Waals surface area contributed by atoms with Gasteiger partial charge in [0.05, 0.1) is 18.8 Å². The van der Waals surface area contributed by atoms with Gasteiger partial charge in [-0.3, -0.25) is 0 Å². The van der Waals surface area contributed by atoms with Gasteiger partial charge >= 0.3 is 6.03 Å². The quantitative estimate of drug-likeness (QED) is 0.902. The van der Waals surface area contributed by atoms with Crippen molar-refractivity contribution >= 4 is 6.03 Å². The van der Waals surface area contributed by atoms with Gasteiger partial charge in [0.2, 0.25) is 0 Å². The zero-order valence-electron chi connectivity index (χ0n) is 14.4. The maximum absolute atomic E-state index is 12.6. The second kappa shape index (κ2) is 8.49. The van der Waals surface area contributed by atoms with Crippen molar-refractivity contribution in [2.24, 2.45) is 5.92 Å². The number of nitrogens with one attached hydrogen (secondary N) is 1. The summed E-state index contributed by atoms with van der Waals surface area (Å²) in [6.07, 6.45) is 4.86. The molecule has 0 aliphatic carbocycles. The third-order valence-electron chi connectivity index (χ3n) is 5.15. The normalized spacial score (nSPS) is 23.2. The highest BCUT2D eigenvalue weighted by molar-refractivity contribution is 5.74. The Labute approximate surface area is 144 Å². The van der Waals surface area contributed by atoms with E-state index in [9.17, 15) is 4.79 Å². The lowest BCUT2D eigenvalue weighted by Gasteiger charge is -2.35. The largest absolute Gasteiger partial charge is 0.382 e. The summed E-state index contributed by atoms with van der Waals surface area (Å²) in [7, 11) is 1.66. The number of carbonyl (C=O) groups excluding carboxylic acids is 1. The molecule has 1 aromatic rings. The second-order valence-electron chi connectivity index (χ2n) is 6.74. The lowest BCUT2D eigenvalue weighted by Crippen LogP contribution is -2.47. The van der Waals surface area contributed by atoms with Crippen molar-refractivity contribution in [2.45, 2.75) is 37.8 Å². The van der Waals surface area contributed by atoms with Crippen LogP contribution in [0.2, 0.25) is 0 Å². The van der Waals surface area contributed by atoms with Crippen molar-refractivity contribution < 1.29 is 14.3 Å². The van der Waals surface area contributed by atoms with Crippen molar-refractivity contribution in [1.29, 1.82) is 0 Å². The molecule has 2 fully saturated rings. The maximum atomic E-state index is 12.6. The van der Waals surface area contributed by atoms with Crippen molar-refractivity contribution in [3.63, 3.8) is 0 Å². The standard InChI is InChI=1S/C19H28N2O3/c1-23-14-17(15-6-3-2-4-7-15)20-19(22)21-11-9-16(10-12-21)18-8-5-13-24-18/h2-4,6-7,16-18H,5,8-14H2,1H3,(H,20,22)/t17-,18+/m1/s1. The van der Waals surface area contributed by atoms with Crippen LogP contribution >= 0.6 is 0 Å². The fraction of sp³-hybridized carbons (Fsp3) is 0.632. The molecule has 0 bridgehead atoms. The average molecular weight is 332 g/mol. The lowest BCUT2D eigenvalue weighted by atomic mass is 9.90. The number of piperidine rings is 1. The van der Waals surface area contributed by atoms with E-state index in [1.165, 1.54) is 12.8 Å². The Kier molecular flexibility index (Phi) is 6.10. The molecular weight excluding hydrogens is 304 g/mol. The van der Waals surface area contributed by atoms with E-state index in [2.05, 4.69) is 5.32 Å². The Morgan fingerprint density at radius 2 is 2.04 bits per heavy atom. The molecule has 2 saturated heterocycles. The Morgan fingerprint density at radius 1 is 1.29 bits per heavy atom. The number of benzene rings is 1. The third-order valence-corrected chi connectivity index (χ3v) is 5.15. The molecule has 24 heavy (non-hydrogen) atoms. The summed E-state index contributed by atoms with van der Waals surface area (Å²) in [5.41, 5.74) is 1.07. The van der Waals surface area contributed by atoms with Gasteiger partial charge in [0.25, 0.3) is 0 Å². The fourth-order valence-electron chi connectivity index (χ4n) is 3.76. The van der Waals surface area contributed by atoms with Crippen molar-refractivity contribution in [1.82, 2.24) is 10.2 Å². The number of likely N-dealkylation sites (tertiary alicyclic amines) is 1. The molecule has 0 radical (unpaired) electrons. The van der Waals surface area contributed by atoms with Gasteiger partial charge in [-0.15, -0.1) is 0 Å². The Morgan fingerprint density at radius 3 is 2.67 bits per heavy atom. The minimum Gasteiger partial charge on any atom is -0.382 e. The summed E-state index contributed by atoms with van der Waals surface area (Å²) in [5, 5.41) is 3.12. The van der Waals surface area contributed by atoms with Crippen molar-refractivity contribution in [3.05, 3.63) is 35.9 Å². The van der Waals surface area contributed by atoms with Gasteiger partial charge < -0.3 is 19.7 Å². The first-order chi connectivity index (χ1) is 11.8. The number of hydrogen-bond donors (Lipinski definition) is 1. The Hall–Kier alpha value is -1.59. The molecular formula is C19H28N2O3. The van der Waals surface area contributed by atoms with Crippen LogP contribution in [0.4, 0.5) is 4.79 Å². The molecule has 2 amide bonds. The number of urea groups is 1. The number of ether oxygens (including phenoxy) is 2. The van der Waals surface area contributed by atoms with Gasteiger partial charge in [-0.2, -0.15) is 0 Å². The summed E-state index contributed by atoms with van der Waals surface area (Å²) in [4.78, 5) is 14.5. The molecule has 3 rings (SSSR count). The molecule has 2 aliphatic heterocycles. The lowest BCUT2D eigenvalue weighted by molar-refractivity contribution is 0.0367. The Bertz CT molecular complexity index is 509. The fourth-order valence-corrected chi connectivity index (χ4v) is 3.76. The van der Waals surface area contributed by atoms with Gasteiger partial charge in [-0.1, -0.05) is 30.3 Å². The van der Waals surface area contributed by atoms with Gasteiger partial charge in [-0.05, 0) is 37.2 Å². The summed E-state index contributed by atoms with van der Waals surface area (Å²) in [6, 6.07) is 9.88. The molecule has 0 spiro atoms. The van der Waals surface area contributed by atoms with E-state index in [1.54, 1.807) is 7.11 Å². The summed E-state index contributed by atoms with van der Waals surface area (Å²) >= 11 is 0. The third kappa shape index (κ3) is 4.28. The van der Waals surface area contributed by atoms with Crippen LogP contribution in [-0.2, 0) is 9.47 Å². The van der Waals surface area contributed by atoms with E-state index in [0.717, 1.165) is 38.1 Å². The van der Waals surface area contributed by atoms with Crippen LogP contribution in [0.15, 0.2) is 30.3 Å². The van der Waals surface area contributed by atoms with Crippen LogP contribution in [0.25, 0.3) is 0 Å². The summed E-state index contributed by atoms with van der Waals surface area (Å²) in [5.74, 6) is 0.612. The minimum absolute atomic E-state index is 0.00620. The molecule has 1 aromatic carbocycles. The first-order valence-electron chi connectivity index (χ1n) is 8.99. The van der Waals surface area contributed by atoms with E-state index in [-0.39, 0.29) is 12.1 Å². The molecule has 132 valence electrons. The first-order valence-corrected chi connectivity index (χ1v) is 8.99. The van der Waals surface area contributed by atoms with Crippen molar-refractivity contribution in [3.8, 4) is 0 Å². The maximum Gasteiger partial charge on any atom is 0.317 e. The molecule has 2 atom stereocenters. The molecule has 0 aromatic heterocycles. The number of hydrogen-bond acceptors (Lipinski definition) is 3. The highest BCUT2D eigenvalue weighted by Gasteiger charge is 2.31. The molecule has 0 saturated carbocycles. The van der Waals surface area contributed by atoms with Crippen LogP contribution in [0, 0.1) is 5.92 Å². The predicted octanol–water partition coefficient (Wildman–Crippen LogP) is 2.97. The Balaban J connectivity index is 1.52. The first kappa shape index (κ1) is 17.2. The van der Waals surface area contributed by atoms with Crippen LogP contribution in [-0.4, -0.2) is 50.4 Å². The van der Waals surface area contributed by atoms with E-state index in [0.29, 0.717) is 18.6 Å². The number of amides is 2. The minimum atomic E-state index is -0.111. The predicted molar refractivity (Wildman–Crippen MR) is 92.9 cm³/mol. The van der Waals surface area contributed by atoms with Gasteiger partial charge in [0.15, 0.2) is 0 Å². The highest BCUT2D eigenvalue weighted by atomic mass is 16.5. The number of nitrogens with zero attached hydrogens (tertiary/aromatic N) is 1. The van der Waals surface area contributed by atoms with Gasteiger partial charge in [0.1, 0.15) is 0 Å². The van der Waals surface area contributed by atoms with Crippen LogP contribution < -0.4 is 5.32 Å². The number of methoxy groups -OCH3 is 1. The van der Waals surface area contributed by atoms with Gasteiger partial charge in [0, 0.05) is 26.8 Å².